The van der Waals surface area contributed by atoms with Gasteiger partial charge in [-0.3, -0.25) is 4.79 Å². The van der Waals surface area contributed by atoms with Crippen molar-refractivity contribution in [3.8, 4) is 0 Å². The number of sulfonamides is 1. The van der Waals surface area contributed by atoms with Crippen LogP contribution in [0, 0.1) is 11.7 Å². The summed E-state index contributed by atoms with van der Waals surface area (Å²) in [5.41, 5.74) is 0.796. The minimum atomic E-state index is -3.59. The predicted octanol–water partition coefficient (Wildman–Crippen LogP) is 6.10. The number of hydrogen-bond donors (Lipinski definition) is 1. The van der Waals surface area contributed by atoms with E-state index in [1.807, 2.05) is 26.0 Å². The lowest BCUT2D eigenvalue weighted by atomic mass is 9.79. The van der Waals surface area contributed by atoms with Gasteiger partial charge in [-0.25, -0.2) is 22.4 Å². The van der Waals surface area contributed by atoms with E-state index in [4.69, 9.17) is 21.1 Å². The molecule has 0 aromatic heterocycles. The Morgan fingerprint density at radius 2 is 1.77 bits per heavy atom. The third kappa shape index (κ3) is 9.26. The summed E-state index contributed by atoms with van der Waals surface area (Å²) < 4.78 is 54.1. The second-order valence-electron chi connectivity index (χ2n) is 14.0. The van der Waals surface area contributed by atoms with Gasteiger partial charge >= 0.3 is 12.2 Å². The molecular weight excluding hydrogens is 661 g/mol. The highest BCUT2D eigenvalue weighted by molar-refractivity contribution is 7.89. The number of rotatable bonds is 10. The minimum absolute atomic E-state index is 0.0270. The maximum atomic E-state index is 15.5. The van der Waals surface area contributed by atoms with Gasteiger partial charge in [0.2, 0.25) is 10.0 Å². The summed E-state index contributed by atoms with van der Waals surface area (Å²) in [6, 6.07) is 9.66. The number of carbonyl (C=O) groups is 3. The topological polar surface area (TPSA) is 122 Å². The van der Waals surface area contributed by atoms with E-state index in [1.54, 1.807) is 43.9 Å². The number of methoxy groups -OCH3 is 1. The summed E-state index contributed by atoms with van der Waals surface area (Å²) in [6.45, 7) is 9.49. The number of nitrogens with zero attached hydrogens (tertiary/aromatic N) is 2. The molecule has 2 aromatic carbocycles. The van der Waals surface area contributed by atoms with Crippen molar-refractivity contribution in [2.24, 2.45) is 5.92 Å². The maximum Gasteiger partial charge on any atom is 0.410 e. The molecule has 2 aromatic rings. The van der Waals surface area contributed by atoms with Crippen molar-refractivity contribution in [2.75, 3.05) is 26.0 Å². The first-order valence-electron chi connectivity index (χ1n) is 16.4. The number of ketones is 1. The number of ether oxygens (including phenoxy) is 2. The van der Waals surface area contributed by atoms with Crippen LogP contribution in [0.3, 0.4) is 0 Å². The van der Waals surface area contributed by atoms with Crippen molar-refractivity contribution in [1.82, 2.24) is 14.5 Å². The van der Waals surface area contributed by atoms with E-state index in [0.717, 1.165) is 5.56 Å². The van der Waals surface area contributed by atoms with Gasteiger partial charge in [0.05, 0.1) is 18.9 Å². The zero-order valence-corrected chi connectivity index (χ0v) is 30.1. The molecule has 2 saturated heterocycles. The first kappa shape index (κ1) is 37.6. The van der Waals surface area contributed by atoms with Crippen LogP contribution >= 0.6 is 11.6 Å². The molecule has 10 nitrogen and oxygen atoms in total. The molecule has 4 rings (SSSR count). The van der Waals surface area contributed by atoms with E-state index >= 15 is 4.39 Å². The third-order valence-corrected chi connectivity index (χ3v) is 11.2. The first-order valence-corrected chi connectivity index (χ1v) is 18.4. The average molecular weight is 708 g/mol. The zero-order chi connectivity index (χ0) is 35.4. The number of alkyl carbamates (subject to hydrolysis) is 1. The number of nitrogens with one attached hydrogen (secondary N) is 1. The second kappa shape index (κ2) is 15.6. The van der Waals surface area contributed by atoms with Gasteiger partial charge in [0.25, 0.3) is 0 Å². The Hall–Kier alpha value is -3.22. The standard InChI is InChI=1S/C35H47ClFN3O7S/c1-22(2)31(23-12-14-25(36)15-13-23)32(38-33(42)46-6)30(41)19-24-9-7-11-29(37)28(24)17-16-27-20-39(34(43)47-35(3,4)5)26-10-8-18-48(44,45)40(27)21-26/h7,9,11-15,22,26-27,31-32H,8,10,16-21H2,1-6H3,(H,38,42)/t26?,27?,31-,32-/m1/s1. The summed E-state index contributed by atoms with van der Waals surface area (Å²) >= 11 is 6.12. The summed E-state index contributed by atoms with van der Waals surface area (Å²) in [5.74, 6) is -1.41. The van der Waals surface area contributed by atoms with Crippen molar-refractivity contribution >= 4 is 39.6 Å². The van der Waals surface area contributed by atoms with Crippen LogP contribution in [0.5, 0.6) is 0 Å². The Labute approximate surface area is 288 Å². The number of amides is 2. The number of hydrogen-bond acceptors (Lipinski definition) is 7. The molecule has 0 saturated carbocycles. The van der Waals surface area contributed by atoms with Crippen LogP contribution in [0.2, 0.25) is 5.02 Å². The number of halogens is 2. The molecule has 264 valence electrons. The monoisotopic (exact) mass is 707 g/mol. The molecule has 0 radical (unpaired) electrons. The van der Waals surface area contributed by atoms with Gasteiger partial charge in [0.1, 0.15) is 11.4 Å². The highest BCUT2D eigenvalue weighted by Crippen LogP contribution is 2.33. The predicted molar refractivity (Wildman–Crippen MR) is 182 cm³/mol. The molecule has 2 amide bonds. The van der Waals surface area contributed by atoms with Gasteiger partial charge in [0.15, 0.2) is 5.78 Å². The molecule has 2 aliphatic heterocycles. The average Bonchev–Trinajstić information content (AvgIpc) is 3.12. The third-order valence-electron chi connectivity index (χ3n) is 9.02. The lowest BCUT2D eigenvalue weighted by Crippen LogP contribution is -2.60. The summed E-state index contributed by atoms with van der Waals surface area (Å²) in [7, 11) is -2.38. The lowest BCUT2D eigenvalue weighted by molar-refractivity contribution is -0.121. The van der Waals surface area contributed by atoms with E-state index in [0.29, 0.717) is 23.4 Å². The van der Waals surface area contributed by atoms with Crippen molar-refractivity contribution in [3.63, 3.8) is 0 Å². The highest BCUT2D eigenvalue weighted by Gasteiger charge is 2.44. The number of carbonyl (C=O) groups excluding carboxylic acids is 3. The Morgan fingerprint density at radius 1 is 1.08 bits per heavy atom. The SMILES string of the molecule is COC(=O)N[C@H](C(=O)Cc1cccc(F)c1CCC1CN(C(=O)OC(C)(C)C)C2CCCS(=O)(=O)N1C2)[C@@H](c1ccc(Cl)cc1)C(C)C. The molecule has 13 heteroatoms. The molecule has 2 bridgehead atoms. The largest absolute Gasteiger partial charge is 0.453 e. The fraction of sp³-hybridized carbons (Fsp3) is 0.571. The Kier molecular flexibility index (Phi) is 12.2. The van der Waals surface area contributed by atoms with E-state index in [2.05, 4.69) is 5.32 Å². The van der Waals surface area contributed by atoms with Gasteiger partial charge in [-0.15, -0.1) is 0 Å². The lowest BCUT2D eigenvalue weighted by Gasteiger charge is -2.44. The van der Waals surface area contributed by atoms with E-state index in [1.165, 1.54) is 23.5 Å². The highest BCUT2D eigenvalue weighted by atomic mass is 35.5. The summed E-state index contributed by atoms with van der Waals surface area (Å²) in [5, 5.41) is 3.24. The molecule has 2 aliphatic rings. The quantitative estimate of drug-likeness (QED) is 0.317. The molecular formula is C35H47ClFN3O7S. The Bertz CT molecular complexity index is 1580. The fourth-order valence-electron chi connectivity index (χ4n) is 6.77. The van der Waals surface area contributed by atoms with Crippen LogP contribution in [0.1, 0.15) is 76.5 Å². The van der Waals surface area contributed by atoms with Gasteiger partial charge in [0, 0.05) is 42.5 Å². The molecule has 0 aliphatic carbocycles. The van der Waals surface area contributed by atoms with Crippen molar-refractivity contribution < 1.29 is 36.7 Å². The zero-order valence-electron chi connectivity index (χ0n) is 28.5. The number of benzene rings is 2. The van der Waals surface area contributed by atoms with Crippen molar-refractivity contribution in [2.45, 2.75) is 96.4 Å². The van der Waals surface area contributed by atoms with Crippen LogP contribution in [0.4, 0.5) is 14.0 Å². The van der Waals surface area contributed by atoms with E-state index in [-0.39, 0.29) is 61.4 Å². The molecule has 2 heterocycles. The molecule has 2 fully saturated rings. The van der Waals surface area contributed by atoms with Gasteiger partial charge in [-0.2, -0.15) is 4.31 Å². The normalized spacial score (nSPS) is 21.9. The van der Waals surface area contributed by atoms with Crippen molar-refractivity contribution in [3.05, 3.63) is 70.0 Å². The first-order chi connectivity index (χ1) is 22.5. The van der Waals surface area contributed by atoms with Crippen LogP contribution in [-0.2, 0) is 37.1 Å². The van der Waals surface area contributed by atoms with Gasteiger partial charge in [-0.1, -0.05) is 49.7 Å². The fourth-order valence-corrected chi connectivity index (χ4v) is 8.69. The maximum absolute atomic E-state index is 15.5. The molecule has 1 N–H and O–H groups in total. The van der Waals surface area contributed by atoms with Crippen LogP contribution in [0.15, 0.2) is 42.5 Å². The summed E-state index contributed by atoms with van der Waals surface area (Å²) in [6.07, 6.45) is -0.153. The Morgan fingerprint density at radius 3 is 2.40 bits per heavy atom. The van der Waals surface area contributed by atoms with Crippen LogP contribution in [-0.4, -0.2) is 85.3 Å². The van der Waals surface area contributed by atoms with Gasteiger partial charge in [-0.05, 0) is 87.3 Å². The smallest absolute Gasteiger partial charge is 0.410 e. The second-order valence-corrected chi connectivity index (χ2v) is 16.4. The van der Waals surface area contributed by atoms with Gasteiger partial charge < -0.3 is 19.7 Å². The number of Topliss-reactive ketones (excluding diaryl/α,β-unsaturated/α-hetero) is 1. The Balaban J connectivity index is 1.61. The number of piperazine rings is 1. The van der Waals surface area contributed by atoms with E-state index in [9.17, 15) is 22.8 Å². The number of fused-ring (bicyclic) bond motifs is 2. The van der Waals surface area contributed by atoms with Crippen LogP contribution in [0.25, 0.3) is 0 Å². The van der Waals surface area contributed by atoms with Crippen LogP contribution < -0.4 is 5.32 Å². The molecule has 48 heavy (non-hydrogen) atoms. The molecule has 0 spiro atoms. The summed E-state index contributed by atoms with van der Waals surface area (Å²) in [4.78, 5) is 41.3. The molecule has 5 atom stereocenters. The van der Waals surface area contributed by atoms with E-state index < -0.39 is 51.6 Å². The molecule has 3 unspecified atom stereocenters. The minimum Gasteiger partial charge on any atom is -0.453 e. The van der Waals surface area contributed by atoms with Crippen molar-refractivity contribution in [1.29, 1.82) is 0 Å².